The van der Waals surface area contributed by atoms with E-state index < -0.39 is 11.7 Å². The van der Waals surface area contributed by atoms with Crippen molar-refractivity contribution in [3.63, 3.8) is 0 Å². The largest absolute Gasteiger partial charge is 1.00 e. The van der Waals surface area contributed by atoms with Crippen LogP contribution in [0.3, 0.4) is 0 Å². The number of benzene rings is 1. The minimum Gasteiger partial charge on any atom is -1.00 e. The van der Waals surface area contributed by atoms with Gasteiger partial charge >= 0.3 is 51.4 Å². The van der Waals surface area contributed by atoms with Gasteiger partial charge in [0.2, 0.25) is 0 Å². The Hall–Kier alpha value is -0.254. The van der Waals surface area contributed by atoms with Crippen LogP contribution in [0.15, 0.2) is 24.3 Å². The van der Waals surface area contributed by atoms with Gasteiger partial charge in [-0.2, -0.15) is 5.26 Å². The first kappa shape index (κ1) is 12.7. The van der Waals surface area contributed by atoms with Gasteiger partial charge in [0.05, 0.1) is 5.56 Å². The Morgan fingerprint density at radius 2 is 2.15 bits per heavy atom. The van der Waals surface area contributed by atoms with Crippen molar-refractivity contribution in [1.29, 1.82) is 5.26 Å². The fraction of sp³-hybridized carbons (Fsp3) is 0. The minimum atomic E-state index is -0.726. The van der Waals surface area contributed by atoms with Crippen LogP contribution in [0.4, 0.5) is 4.39 Å². The summed E-state index contributed by atoms with van der Waals surface area (Å²) in [6.45, 7) is 0. The first-order valence-corrected chi connectivity index (χ1v) is 3.19. The smallest absolute Gasteiger partial charge is 1.00 e. The van der Waals surface area contributed by atoms with Crippen molar-refractivity contribution in [3.8, 4) is 6.19 Å². The summed E-state index contributed by atoms with van der Waals surface area (Å²) in [6.07, 6.45) is 1.43. The van der Waals surface area contributed by atoms with Crippen LogP contribution in [0.1, 0.15) is 11.8 Å². The predicted molar refractivity (Wildman–Crippen MR) is 40.6 cm³/mol. The first-order valence-electron chi connectivity index (χ1n) is 3.19. The maximum atomic E-state index is 12.8. The van der Waals surface area contributed by atoms with E-state index in [1.165, 1.54) is 24.4 Å². The van der Waals surface area contributed by atoms with E-state index in [2.05, 4.69) is 0 Å². The Balaban J connectivity index is 0. The molecule has 0 bridgehead atoms. The van der Waals surface area contributed by atoms with Gasteiger partial charge < -0.3 is 1.43 Å². The SMILES string of the molecule is N#CNC(=O)c1ccccc1F.[H-].[K+]. The second kappa shape index (κ2) is 6.24. The summed E-state index contributed by atoms with van der Waals surface area (Å²) in [5.74, 6) is -1.36. The summed E-state index contributed by atoms with van der Waals surface area (Å²) >= 11 is 0. The summed E-state index contributed by atoms with van der Waals surface area (Å²) in [6, 6.07) is 5.46. The van der Waals surface area contributed by atoms with E-state index in [1.54, 1.807) is 0 Å². The molecule has 1 aromatic carbocycles. The number of nitrogens with zero attached hydrogens (tertiary/aromatic N) is 1. The van der Waals surface area contributed by atoms with Crippen molar-refractivity contribution >= 4 is 5.91 Å². The second-order valence-electron chi connectivity index (χ2n) is 2.05. The van der Waals surface area contributed by atoms with Gasteiger partial charge in [0.25, 0.3) is 5.91 Å². The number of halogens is 1. The van der Waals surface area contributed by atoms with E-state index in [1.807, 2.05) is 5.32 Å². The number of hydrogen-bond acceptors (Lipinski definition) is 2. The molecule has 0 spiro atoms. The number of hydrogen-bond donors (Lipinski definition) is 1. The molecule has 1 N–H and O–H groups in total. The van der Waals surface area contributed by atoms with E-state index in [9.17, 15) is 9.18 Å². The zero-order chi connectivity index (χ0) is 8.97. The summed E-state index contributed by atoms with van der Waals surface area (Å²) in [5.41, 5.74) is -0.126. The fourth-order valence-electron chi connectivity index (χ4n) is 0.763. The van der Waals surface area contributed by atoms with Crippen LogP contribution in [-0.4, -0.2) is 5.91 Å². The monoisotopic (exact) mass is 204 g/mol. The zero-order valence-corrected chi connectivity index (χ0v) is 10.2. The van der Waals surface area contributed by atoms with Gasteiger partial charge in [-0.3, -0.25) is 10.1 Å². The van der Waals surface area contributed by atoms with Crippen molar-refractivity contribution in [3.05, 3.63) is 35.6 Å². The van der Waals surface area contributed by atoms with Crippen LogP contribution in [0.2, 0.25) is 0 Å². The average molecular weight is 204 g/mol. The van der Waals surface area contributed by atoms with Crippen LogP contribution in [0, 0.1) is 17.3 Å². The van der Waals surface area contributed by atoms with E-state index in [0.29, 0.717) is 0 Å². The molecule has 0 saturated heterocycles. The molecule has 1 aromatic rings. The number of amides is 1. The van der Waals surface area contributed by atoms with Crippen LogP contribution < -0.4 is 56.7 Å². The standard InChI is InChI=1S/C8H5FN2O.K.H/c9-7-4-2-1-3-6(7)8(12)11-5-10;;/h1-4H,(H,11,12);;/q;+1;-1. The molecule has 0 aliphatic heterocycles. The number of carbonyl (C=O) groups is 1. The maximum Gasteiger partial charge on any atom is 1.00 e. The molecule has 1 amide bonds. The molecule has 3 nitrogen and oxygen atoms in total. The number of nitrogens with one attached hydrogen (secondary N) is 1. The van der Waals surface area contributed by atoms with Gasteiger partial charge in [-0.15, -0.1) is 0 Å². The molecule has 0 aliphatic carbocycles. The summed E-state index contributed by atoms with van der Waals surface area (Å²) in [7, 11) is 0. The molecule has 62 valence electrons. The van der Waals surface area contributed by atoms with Gasteiger partial charge in [-0.1, -0.05) is 12.1 Å². The third kappa shape index (κ3) is 3.54. The van der Waals surface area contributed by atoms with Crippen LogP contribution in [0.25, 0.3) is 0 Å². The Morgan fingerprint density at radius 1 is 1.54 bits per heavy atom. The number of nitriles is 1. The molecule has 0 heterocycles. The Morgan fingerprint density at radius 3 is 2.69 bits per heavy atom. The number of rotatable bonds is 1. The molecule has 5 heteroatoms. The maximum absolute atomic E-state index is 12.8. The normalized spacial score (nSPS) is 8.00. The molecule has 0 radical (unpaired) electrons. The molecule has 0 atom stereocenters. The van der Waals surface area contributed by atoms with E-state index >= 15 is 0 Å². The Bertz CT molecular complexity index is 353. The van der Waals surface area contributed by atoms with E-state index in [0.717, 1.165) is 6.07 Å². The van der Waals surface area contributed by atoms with Gasteiger partial charge in [0, 0.05) is 0 Å². The molecule has 13 heavy (non-hydrogen) atoms. The van der Waals surface area contributed by atoms with Crippen molar-refractivity contribution in [2.45, 2.75) is 0 Å². The van der Waals surface area contributed by atoms with Gasteiger partial charge in [0.15, 0.2) is 6.19 Å². The summed E-state index contributed by atoms with van der Waals surface area (Å²) in [5, 5.41) is 9.91. The van der Waals surface area contributed by atoms with E-state index in [4.69, 9.17) is 5.26 Å². The molecule has 0 saturated carbocycles. The summed E-state index contributed by atoms with van der Waals surface area (Å²) < 4.78 is 12.8. The van der Waals surface area contributed by atoms with Crippen molar-refractivity contribution < 1.29 is 62.0 Å². The molecule has 1 rings (SSSR count). The van der Waals surface area contributed by atoms with E-state index in [-0.39, 0.29) is 58.4 Å². The fourth-order valence-corrected chi connectivity index (χ4v) is 0.763. The molecule has 0 aromatic heterocycles. The van der Waals surface area contributed by atoms with Gasteiger partial charge in [0.1, 0.15) is 5.82 Å². The second-order valence-corrected chi connectivity index (χ2v) is 2.05. The minimum absolute atomic E-state index is 0. The quantitative estimate of drug-likeness (QED) is 0.332. The van der Waals surface area contributed by atoms with Crippen LogP contribution in [-0.2, 0) is 0 Å². The van der Waals surface area contributed by atoms with Crippen molar-refractivity contribution in [2.24, 2.45) is 0 Å². The molecule has 0 unspecified atom stereocenters. The molecular weight excluding hydrogens is 198 g/mol. The number of carbonyl (C=O) groups excluding carboxylic acids is 1. The van der Waals surface area contributed by atoms with Crippen molar-refractivity contribution in [2.75, 3.05) is 0 Å². The average Bonchev–Trinajstić information content (AvgIpc) is 2.05. The molecule has 0 aliphatic rings. The predicted octanol–water partition coefficient (Wildman–Crippen LogP) is -1.85. The molecular formula is C8H6FKN2O. The summed E-state index contributed by atoms with van der Waals surface area (Å²) in [4.78, 5) is 10.9. The van der Waals surface area contributed by atoms with Crippen molar-refractivity contribution in [1.82, 2.24) is 5.32 Å². The topological polar surface area (TPSA) is 52.9 Å². The van der Waals surface area contributed by atoms with Gasteiger partial charge in [-0.25, -0.2) is 4.39 Å². The molecule has 0 fully saturated rings. The third-order valence-corrected chi connectivity index (χ3v) is 1.29. The Labute approximate surface area is 119 Å². The van der Waals surface area contributed by atoms with Crippen LogP contribution >= 0.6 is 0 Å². The zero-order valence-electron chi connectivity index (χ0n) is 8.04. The van der Waals surface area contributed by atoms with Crippen LogP contribution in [0.5, 0.6) is 0 Å². The Kier molecular flexibility index (Phi) is 6.12. The third-order valence-electron chi connectivity index (χ3n) is 1.29. The first-order chi connectivity index (χ1) is 5.75. The van der Waals surface area contributed by atoms with Gasteiger partial charge in [-0.05, 0) is 12.1 Å².